The fourth-order valence-corrected chi connectivity index (χ4v) is 4.91. The zero-order chi connectivity index (χ0) is 21.8. The number of nitrogens with one attached hydrogen (secondary N) is 1. The summed E-state index contributed by atoms with van der Waals surface area (Å²) < 4.78 is 6.37. The van der Waals surface area contributed by atoms with Gasteiger partial charge < -0.3 is 10.1 Å². The molecule has 2 aliphatic heterocycles. The van der Waals surface area contributed by atoms with Crippen molar-refractivity contribution < 1.29 is 9.53 Å². The first kappa shape index (κ1) is 21.9. The number of carbonyl (C=O) groups excluding carboxylic acids is 1. The molecule has 2 heterocycles. The van der Waals surface area contributed by atoms with Crippen LogP contribution in [0.15, 0.2) is 48.5 Å². The largest absolute Gasteiger partial charge is 0.487 e. The van der Waals surface area contributed by atoms with Gasteiger partial charge in [-0.15, -0.1) is 0 Å². The zero-order valence-electron chi connectivity index (χ0n) is 19.2. The highest BCUT2D eigenvalue weighted by atomic mass is 16.5. The fraction of sp³-hybridized carbons (Fsp3) is 0.519. The molecule has 0 aliphatic carbocycles. The van der Waals surface area contributed by atoms with Crippen molar-refractivity contribution >= 4 is 5.91 Å². The number of para-hydroxylation sites is 1. The molecule has 2 aromatic rings. The maximum atomic E-state index is 13.1. The number of hydrogen-bond acceptors (Lipinski definition) is 3. The van der Waals surface area contributed by atoms with Gasteiger partial charge in [0.2, 0.25) is 0 Å². The van der Waals surface area contributed by atoms with Crippen molar-refractivity contribution in [1.29, 1.82) is 0 Å². The van der Waals surface area contributed by atoms with Crippen molar-refractivity contribution in [3.05, 3.63) is 65.2 Å². The molecule has 1 amide bonds. The van der Waals surface area contributed by atoms with Gasteiger partial charge >= 0.3 is 0 Å². The lowest BCUT2D eigenvalue weighted by Crippen LogP contribution is -2.44. The highest BCUT2D eigenvalue weighted by Crippen LogP contribution is 2.42. The van der Waals surface area contributed by atoms with Gasteiger partial charge in [0, 0.05) is 24.1 Å². The molecule has 4 nitrogen and oxygen atoms in total. The molecule has 166 valence electrons. The second kappa shape index (κ2) is 9.44. The van der Waals surface area contributed by atoms with E-state index < -0.39 is 0 Å². The first-order chi connectivity index (χ1) is 15.0. The highest BCUT2D eigenvalue weighted by molar-refractivity contribution is 5.94. The number of nitrogens with zero attached hydrogens (tertiary/aromatic N) is 1. The summed E-state index contributed by atoms with van der Waals surface area (Å²) in [7, 11) is 0. The molecule has 2 aromatic carbocycles. The van der Waals surface area contributed by atoms with Crippen LogP contribution in [0.1, 0.15) is 80.4 Å². The molecule has 0 radical (unpaired) electrons. The summed E-state index contributed by atoms with van der Waals surface area (Å²) in [6, 6.07) is 16.2. The van der Waals surface area contributed by atoms with Gasteiger partial charge in [-0.3, -0.25) is 9.69 Å². The molecule has 4 rings (SSSR count). The van der Waals surface area contributed by atoms with E-state index in [0.717, 1.165) is 48.6 Å². The Hall–Kier alpha value is -2.33. The van der Waals surface area contributed by atoms with E-state index in [9.17, 15) is 4.79 Å². The monoisotopic (exact) mass is 420 g/mol. The van der Waals surface area contributed by atoms with Crippen molar-refractivity contribution in [2.75, 3.05) is 13.1 Å². The van der Waals surface area contributed by atoms with Crippen molar-refractivity contribution in [2.24, 2.45) is 5.92 Å². The first-order valence-corrected chi connectivity index (χ1v) is 11.9. The molecule has 1 atom stereocenters. The van der Waals surface area contributed by atoms with Crippen LogP contribution < -0.4 is 10.1 Å². The lowest BCUT2D eigenvalue weighted by atomic mass is 9.83. The number of hydrogen-bond donors (Lipinski definition) is 1. The topological polar surface area (TPSA) is 41.6 Å². The third-order valence-electron chi connectivity index (χ3n) is 7.29. The minimum Gasteiger partial charge on any atom is -0.487 e. The molecule has 0 aromatic heterocycles. The summed E-state index contributed by atoms with van der Waals surface area (Å²) in [4.78, 5) is 15.6. The second-order valence-corrected chi connectivity index (χ2v) is 9.42. The summed E-state index contributed by atoms with van der Waals surface area (Å²) >= 11 is 0. The third kappa shape index (κ3) is 4.95. The van der Waals surface area contributed by atoms with E-state index >= 15 is 0 Å². The standard InChI is InChI=1S/C27H36N2O2/c1-4-27(5-2)18-24(23-8-6-7-9-25(23)31-27)28-26(30)22-12-10-21(11-13-22)19-29-16-14-20(3)15-17-29/h6-13,20,24H,4-5,14-19H2,1-3H3,(H,28,30). The predicted octanol–water partition coefficient (Wildman–Crippen LogP) is 5.73. The first-order valence-electron chi connectivity index (χ1n) is 11.9. The SMILES string of the molecule is CCC1(CC)CC(NC(=O)c2ccc(CN3CCC(C)CC3)cc2)c2ccccc2O1. The number of amides is 1. The molecule has 31 heavy (non-hydrogen) atoms. The smallest absolute Gasteiger partial charge is 0.251 e. The summed E-state index contributed by atoms with van der Waals surface area (Å²) in [5, 5.41) is 3.29. The lowest BCUT2D eigenvalue weighted by molar-refractivity contribution is 0.0227. The average Bonchev–Trinajstić information content (AvgIpc) is 2.81. The average molecular weight is 421 g/mol. The van der Waals surface area contributed by atoms with Crippen molar-refractivity contribution in [3.8, 4) is 5.75 Å². The van der Waals surface area contributed by atoms with Gasteiger partial charge in [-0.05, 0) is 68.5 Å². The number of fused-ring (bicyclic) bond motifs is 1. The minimum atomic E-state index is -0.220. The van der Waals surface area contributed by atoms with E-state index in [0.29, 0.717) is 0 Å². The number of likely N-dealkylation sites (tertiary alicyclic amines) is 1. The van der Waals surface area contributed by atoms with Crippen LogP contribution in [0.5, 0.6) is 5.75 Å². The number of carbonyl (C=O) groups is 1. The van der Waals surface area contributed by atoms with E-state index in [1.165, 1.54) is 31.5 Å². The molecule has 1 N–H and O–H groups in total. The Morgan fingerprint density at radius 1 is 1.06 bits per heavy atom. The van der Waals surface area contributed by atoms with Gasteiger partial charge in [0.1, 0.15) is 11.4 Å². The molecule has 0 saturated carbocycles. The maximum Gasteiger partial charge on any atom is 0.251 e. The van der Waals surface area contributed by atoms with Crippen LogP contribution >= 0.6 is 0 Å². The molecule has 0 bridgehead atoms. The van der Waals surface area contributed by atoms with Gasteiger partial charge in [0.25, 0.3) is 5.91 Å². The third-order valence-corrected chi connectivity index (χ3v) is 7.29. The Morgan fingerprint density at radius 2 is 1.74 bits per heavy atom. The van der Waals surface area contributed by atoms with E-state index in [-0.39, 0.29) is 17.6 Å². The molecular weight excluding hydrogens is 384 g/mol. The van der Waals surface area contributed by atoms with Crippen LogP contribution in [0.2, 0.25) is 0 Å². The van der Waals surface area contributed by atoms with Gasteiger partial charge in [-0.1, -0.05) is 51.1 Å². The van der Waals surface area contributed by atoms with Crippen LogP contribution in [-0.4, -0.2) is 29.5 Å². The van der Waals surface area contributed by atoms with Crippen LogP contribution in [0, 0.1) is 5.92 Å². The molecule has 1 unspecified atom stereocenters. The second-order valence-electron chi connectivity index (χ2n) is 9.42. The molecular formula is C27H36N2O2. The fourth-order valence-electron chi connectivity index (χ4n) is 4.91. The lowest BCUT2D eigenvalue weighted by Gasteiger charge is -2.41. The van der Waals surface area contributed by atoms with E-state index in [4.69, 9.17) is 4.74 Å². The Balaban J connectivity index is 1.44. The number of benzene rings is 2. The predicted molar refractivity (Wildman–Crippen MR) is 125 cm³/mol. The van der Waals surface area contributed by atoms with Crippen LogP contribution in [0.3, 0.4) is 0 Å². The molecule has 2 aliphatic rings. The summed E-state index contributed by atoms with van der Waals surface area (Å²) in [5.74, 6) is 1.73. The Kier molecular flexibility index (Phi) is 6.66. The van der Waals surface area contributed by atoms with Gasteiger partial charge in [-0.2, -0.15) is 0 Å². The normalized spacial score (nSPS) is 21.2. The Bertz CT molecular complexity index is 880. The van der Waals surface area contributed by atoms with Gasteiger partial charge in [-0.25, -0.2) is 0 Å². The summed E-state index contributed by atoms with van der Waals surface area (Å²) in [5.41, 5.74) is 2.85. The number of piperidine rings is 1. The molecule has 0 spiro atoms. The van der Waals surface area contributed by atoms with Crippen molar-refractivity contribution in [1.82, 2.24) is 10.2 Å². The maximum absolute atomic E-state index is 13.1. The van der Waals surface area contributed by atoms with Crippen LogP contribution in [0.4, 0.5) is 0 Å². The highest BCUT2D eigenvalue weighted by Gasteiger charge is 2.39. The molecule has 1 saturated heterocycles. The van der Waals surface area contributed by atoms with Gasteiger partial charge in [0.05, 0.1) is 6.04 Å². The molecule has 1 fully saturated rings. The van der Waals surface area contributed by atoms with Crippen molar-refractivity contribution in [3.63, 3.8) is 0 Å². The van der Waals surface area contributed by atoms with Crippen molar-refractivity contribution in [2.45, 2.75) is 71.1 Å². The van der Waals surface area contributed by atoms with Gasteiger partial charge in [0.15, 0.2) is 0 Å². The van der Waals surface area contributed by atoms with E-state index in [1.54, 1.807) is 0 Å². The minimum absolute atomic E-state index is 0.0128. The Morgan fingerprint density at radius 3 is 2.42 bits per heavy atom. The number of ether oxygens (including phenoxy) is 1. The Labute approximate surface area is 187 Å². The molecule has 4 heteroatoms. The number of rotatable bonds is 6. The van der Waals surface area contributed by atoms with E-state index in [1.807, 2.05) is 30.3 Å². The van der Waals surface area contributed by atoms with Crippen LogP contribution in [0.25, 0.3) is 0 Å². The van der Waals surface area contributed by atoms with Crippen LogP contribution in [-0.2, 0) is 6.54 Å². The quantitative estimate of drug-likeness (QED) is 0.649. The zero-order valence-corrected chi connectivity index (χ0v) is 19.2. The summed E-state index contributed by atoms with van der Waals surface area (Å²) in [6.07, 6.45) is 5.21. The van der Waals surface area contributed by atoms with E-state index in [2.05, 4.69) is 49.2 Å². The summed E-state index contributed by atoms with van der Waals surface area (Å²) in [6.45, 7) is 9.98.